The monoisotopic (exact) mass is 282 g/mol. The molecular weight excluding hydrogens is 260 g/mol. The zero-order chi connectivity index (χ0) is 14.8. The van der Waals surface area contributed by atoms with Gasteiger partial charge in [-0.2, -0.15) is 0 Å². The highest BCUT2D eigenvalue weighted by Gasteiger charge is 2.15. The van der Waals surface area contributed by atoms with Crippen molar-refractivity contribution < 1.29 is 0 Å². The van der Waals surface area contributed by atoms with E-state index in [1.54, 1.807) is 0 Å². The van der Waals surface area contributed by atoms with Gasteiger partial charge in [0, 0.05) is 36.6 Å². The molecule has 0 radical (unpaired) electrons. The summed E-state index contributed by atoms with van der Waals surface area (Å²) < 4.78 is 0. The summed E-state index contributed by atoms with van der Waals surface area (Å²) in [5, 5.41) is 0. The van der Waals surface area contributed by atoms with Gasteiger partial charge in [-0.05, 0) is 43.0 Å². The highest BCUT2D eigenvalue weighted by molar-refractivity contribution is 5.66. The molecule has 4 heteroatoms. The highest BCUT2D eigenvalue weighted by atomic mass is 15.1. The van der Waals surface area contributed by atoms with Crippen LogP contribution in [0.15, 0.2) is 24.3 Å². The SMILES string of the molecule is CCCc1cc(N)nc(-c2ccc3c(c2)CCCN3C)n1. The van der Waals surface area contributed by atoms with E-state index in [1.807, 2.05) is 6.07 Å². The van der Waals surface area contributed by atoms with Crippen LogP contribution in [0.25, 0.3) is 11.4 Å². The Labute approximate surface area is 126 Å². The minimum atomic E-state index is 0.554. The van der Waals surface area contributed by atoms with Crippen LogP contribution in [0.5, 0.6) is 0 Å². The Morgan fingerprint density at radius 2 is 2.10 bits per heavy atom. The fraction of sp³-hybridized carbons (Fsp3) is 0.412. The van der Waals surface area contributed by atoms with Crippen molar-refractivity contribution >= 4 is 11.5 Å². The van der Waals surface area contributed by atoms with E-state index < -0.39 is 0 Å². The van der Waals surface area contributed by atoms with Crippen molar-refractivity contribution in [2.24, 2.45) is 0 Å². The summed E-state index contributed by atoms with van der Waals surface area (Å²) in [7, 11) is 2.15. The minimum Gasteiger partial charge on any atom is -0.384 e. The van der Waals surface area contributed by atoms with E-state index in [9.17, 15) is 0 Å². The first-order chi connectivity index (χ1) is 10.2. The van der Waals surface area contributed by atoms with Crippen LogP contribution in [-0.4, -0.2) is 23.6 Å². The van der Waals surface area contributed by atoms with Gasteiger partial charge in [0.15, 0.2) is 5.82 Å². The predicted octanol–water partition coefficient (Wildman–Crippen LogP) is 3.06. The number of anilines is 2. The van der Waals surface area contributed by atoms with E-state index in [1.165, 1.54) is 17.7 Å². The van der Waals surface area contributed by atoms with Crippen molar-refractivity contribution in [3.05, 3.63) is 35.5 Å². The molecule has 3 rings (SSSR count). The lowest BCUT2D eigenvalue weighted by atomic mass is 9.99. The third-order valence-corrected chi connectivity index (χ3v) is 3.99. The van der Waals surface area contributed by atoms with Gasteiger partial charge in [0.1, 0.15) is 5.82 Å². The number of hydrogen-bond acceptors (Lipinski definition) is 4. The molecule has 110 valence electrons. The summed E-state index contributed by atoms with van der Waals surface area (Å²) in [5.74, 6) is 1.30. The maximum absolute atomic E-state index is 5.93. The van der Waals surface area contributed by atoms with Crippen LogP contribution in [0.3, 0.4) is 0 Å². The normalized spacial score (nSPS) is 14.1. The quantitative estimate of drug-likeness (QED) is 0.940. The Hall–Kier alpha value is -2.10. The molecule has 1 aliphatic rings. The summed E-state index contributed by atoms with van der Waals surface area (Å²) in [5.41, 5.74) is 10.7. The number of hydrogen-bond donors (Lipinski definition) is 1. The molecule has 1 aromatic heterocycles. The summed E-state index contributed by atoms with van der Waals surface area (Å²) in [6, 6.07) is 8.37. The van der Waals surface area contributed by atoms with E-state index in [-0.39, 0.29) is 0 Å². The minimum absolute atomic E-state index is 0.554. The van der Waals surface area contributed by atoms with Crippen molar-refractivity contribution in [3.63, 3.8) is 0 Å². The van der Waals surface area contributed by atoms with Crippen LogP contribution < -0.4 is 10.6 Å². The smallest absolute Gasteiger partial charge is 0.161 e. The lowest BCUT2D eigenvalue weighted by Gasteiger charge is -2.27. The Balaban J connectivity index is 2.00. The average Bonchev–Trinajstić information content (AvgIpc) is 2.47. The van der Waals surface area contributed by atoms with Crippen molar-refractivity contribution in [3.8, 4) is 11.4 Å². The predicted molar refractivity (Wildman–Crippen MR) is 87.5 cm³/mol. The lowest BCUT2D eigenvalue weighted by Crippen LogP contribution is -2.24. The molecule has 0 saturated heterocycles. The largest absolute Gasteiger partial charge is 0.384 e. The van der Waals surface area contributed by atoms with Gasteiger partial charge in [-0.1, -0.05) is 13.3 Å². The zero-order valence-corrected chi connectivity index (χ0v) is 12.8. The molecule has 0 amide bonds. The number of nitrogens with zero attached hydrogens (tertiary/aromatic N) is 3. The number of aromatic nitrogens is 2. The molecule has 0 fully saturated rings. The van der Waals surface area contributed by atoms with Gasteiger partial charge in [-0.15, -0.1) is 0 Å². The summed E-state index contributed by atoms with van der Waals surface area (Å²) in [6.45, 7) is 3.27. The molecule has 2 aromatic rings. The number of nitrogen functional groups attached to an aromatic ring is 1. The molecule has 0 aliphatic carbocycles. The Morgan fingerprint density at radius 1 is 1.24 bits per heavy atom. The molecular formula is C17H22N4. The van der Waals surface area contributed by atoms with Gasteiger partial charge in [-0.25, -0.2) is 9.97 Å². The van der Waals surface area contributed by atoms with Crippen LogP contribution in [0.2, 0.25) is 0 Å². The number of rotatable bonds is 3. The van der Waals surface area contributed by atoms with E-state index >= 15 is 0 Å². The molecule has 2 heterocycles. The van der Waals surface area contributed by atoms with Crippen molar-refractivity contribution in [2.75, 3.05) is 24.2 Å². The van der Waals surface area contributed by atoms with Crippen LogP contribution in [-0.2, 0) is 12.8 Å². The molecule has 0 unspecified atom stereocenters. The van der Waals surface area contributed by atoms with Gasteiger partial charge in [-0.3, -0.25) is 0 Å². The number of nitrogens with two attached hydrogens (primary N) is 1. The van der Waals surface area contributed by atoms with Crippen molar-refractivity contribution in [2.45, 2.75) is 32.6 Å². The lowest BCUT2D eigenvalue weighted by molar-refractivity contribution is 0.744. The van der Waals surface area contributed by atoms with Gasteiger partial charge in [0.25, 0.3) is 0 Å². The molecule has 1 aliphatic heterocycles. The average molecular weight is 282 g/mol. The summed E-state index contributed by atoms with van der Waals surface area (Å²) in [6.07, 6.45) is 4.32. The molecule has 0 spiro atoms. The molecule has 0 bridgehead atoms. The third-order valence-electron chi connectivity index (χ3n) is 3.99. The molecule has 0 saturated carbocycles. The van der Waals surface area contributed by atoms with E-state index in [2.05, 4.69) is 47.0 Å². The van der Waals surface area contributed by atoms with Crippen LogP contribution >= 0.6 is 0 Å². The second-order valence-electron chi connectivity index (χ2n) is 5.73. The van der Waals surface area contributed by atoms with Crippen LogP contribution in [0, 0.1) is 0 Å². The first-order valence-electron chi connectivity index (χ1n) is 7.65. The second kappa shape index (κ2) is 5.72. The first-order valence-corrected chi connectivity index (χ1v) is 7.65. The molecule has 2 N–H and O–H groups in total. The zero-order valence-electron chi connectivity index (χ0n) is 12.8. The third kappa shape index (κ3) is 2.84. The maximum Gasteiger partial charge on any atom is 0.161 e. The standard InChI is InChI=1S/C17H22N4/c1-3-5-14-11-16(18)20-17(19-14)13-7-8-15-12(10-13)6-4-9-21(15)2/h7-8,10-11H,3-6,9H2,1-2H3,(H2,18,19,20). The van der Waals surface area contributed by atoms with Gasteiger partial charge < -0.3 is 10.6 Å². The van der Waals surface area contributed by atoms with Gasteiger partial charge >= 0.3 is 0 Å². The second-order valence-corrected chi connectivity index (χ2v) is 5.73. The first kappa shape index (κ1) is 13.9. The van der Waals surface area contributed by atoms with E-state index in [0.717, 1.165) is 42.9 Å². The number of aryl methyl sites for hydroxylation is 2. The Morgan fingerprint density at radius 3 is 2.90 bits per heavy atom. The Kier molecular flexibility index (Phi) is 3.78. The number of fused-ring (bicyclic) bond motifs is 1. The fourth-order valence-corrected chi connectivity index (χ4v) is 2.96. The van der Waals surface area contributed by atoms with Crippen LogP contribution in [0.4, 0.5) is 11.5 Å². The topological polar surface area (TPSA) is 55.0 Å². The fourth-order valence-electron chi connectivity index (χ4n) is 2.96. The van der Waals surface area contributed by atoms with E-state index in [4.69, 9.17) is 5.73 Å². The molecule has 4 nitrogen and oxygen atoms in total. The van der Waals surface area contributed by atoms with Gasteiger partial charge in [0.05, 0.1) is 0 Å². The van der Waals surface area contributed by atoms with Crippen molar-refractivity contribution in [1.29, 1.82) is 0 Å². The van der Waals surface area contributed by atoms with Crippen LogP contribution in [0.1, 0.15) is 31.0 Å². The molecule has 1 aromatic carbocycles. The molecule has 0 atom stereocenters. The number of benzene rings is 1. The Bertz CT molecular complexity index is 651. The van der Waals surface area contributed by atoms with E-state index in [0.29, 0.717) is 5.82 Å². The highest BCUT2D eigenvalue weighted by Crippen LogP contribution is 2.30. The van der Waals surface area contributed by atoms with Crippen molar-refractivity contribution in [1.82, 2.24) is 9.97 Å². The maximum atomic E-state index is 5.93. The molecule has 21 heavy (non-hydrogen) atoms. The van der Waals surface area contributed by atoms with Gasteiger partial charge in [0.2, 0.25) is 0 Å². The summed E-state index contributed by atoms with van der Waals surface area (Å²) >= 11 is 0. The summed E-state index contributed by atoms with van der Waals surface area (Å²) in [4.78, 5) is 11.4.